The van der Waals surface area contributed by atoms with Gasteiger partial charge in [0, 0.05) is 6.54 Å². The van der Waals surface area contributed by atoms with Crippen LogP contribution in [-0.4, -0.2) is 29.3 Å². The molecule has 0 aromatic heterocycles. The van der Waals surface area contributed by atoms with Crippen LogP contribution in [0, 0.1) is 5.82 Å². The second kappa shape index (κ2) is 7.45. The minimum absolute atomic E-state index is 0.138. The van der Waals surface area contributed by atoms with E-state index in [1.54, 1.807) is 20.8 Å². The summed E-state index contributed by atoms with van der Waals surface area (Å²) >= 11 is 5.67. The molecule has 0 unspecified atom stereocenters. The molecule has 122 valence electrons. The van der Waals surface area contributed by atoms with Gasteiger partial charge in [-0.2, -0.15) is 0 Å². The van der Waals surface area contributed by atoms with Crippen LogP contribution in [0.25, 0.3) is 0 Å². The van der Waals surface area contributed by atoms with Gasteiger partial charge in [0.25, 0.3) is 0 Å². The fourth-order valence-electron chi connectivity index (χ4n) is 1.77. The fourth-order valence-corrected chi connectivity index (χ4v) is 2.00. The Balaban J connectivity index is 2.55. The van der Waals surface area contributed by atoms with Gasteiger partial charge < -0.3 is 15.2 Å². The highest BCUT2D eigenvalue weighted by Crippen LogP contribution is 2.23. The number of hydrogen-bond acceptors (Lipinski definition) is 3. The standard InChI is InChI=1S/C15H19ClFNO4/c1-15(2,3)22-14(21)18-8-4-5-9-6-7-10(16)11(12(9)17)13(19)20/h6-7H,4-5,8H2,1-3H3,(H,18,21)(H,19,20). The van der Waals surface area contributed by atoms with Crippen LogP contribution in [0.2, 0.25) is 5.02 Å². The largest absolute Gasteiger partial charge is 0.478 e. The molecule has 0 saturated heterocycles. The molecule has 5 nitrogen and oxygen atoms in total. The molecule has 1 rings (SSSR count). The van der Waals surface area contributed by atoms with Crippen molar-refractivity contribution in [3.05, 3.63) is 34.1 Å². The topological polar surface area (TPSA) is 75.6 Å². The first-order valence-corrected chi connectivity index (χ1v) is 7.16. The number of nitrogens with one attached hydrogen (secondary N) is 1. The Morgan fingerprint density at radius 2 is 2.00 bits per heavy atom. The van der Waals surface area contributed by atoms with Crippen LogP contribution in [0.5, 0.6) is 0 Å². The lowest BCUT2D eigenvalue weighted by Gasteiger charge is -2.19. The zero-order valence-electron chi connectivity index (χ0n) is 12.7. The fraction of sp³-hybridized carbons (Fsp3) is 0.467. The van der Waals surface area contributed by atoms with Gasteiger partial charge in [-0.05, 0) is 45.2 Å². The van der Waals surface area contributed by atoms with Crippen molar-refractivity contribution >= 4 is 23.7 Å². The highest BCUT2D eigenvalue weighted by atomic mass is 35.5. The lowest BCUT2D eigenvalue weighted by Crippen LogP contribution is -2.33. The molecule has 0 spiro atoms. The number of ether oxygens (including phenoxy) is 1. The average molecular weight is 332 g/mol. The molecule has 0 atom stereocenters. The number of alkyl carbamates (subject to hydrolysis) is 1. The van der Waals surface area contributed by atoms with Crippen LogP contribution in [0.15, 0.2) is 12.1 Å². The summed E-state index contributed by atoms with van der Waals surface area (Å²) in [7, 11) is 0. The molecule has 0 heterocycles. The Kier molecular flexibility index (Phi) is 6.17. The normalized spacial score (nSPS) is 11.1. The monoisotopic (exact) mass is 331 g/mol. The van der Waals surface area contributed by atoms with E-state index < -0.39 is 29.0 Å². The number of rotatable bonds is 5. The minimum Gasteiger partial charge on any atom is -0.478 e. The molecule has 0 saturated carbocycles. The van der Waals surface area contributed by atoms with Crippen LogP contribution in [0.1, 0.15) is 43.1 Å². The number of benzene rings is 1. The van der Waals surface area contributed by atoms with Crippen LogP contribution >= 0.6 is 11.6 Å². The Morgan fingerprint density at radius 1 is 1.36 bits per heavy atom. The van der Waals surface area contributed by atoms with Crippen molar-refractivity contribution in [2.75, 3.05) is 6.54 Å². The molecule has 0 aliphatic carbocycles. The second-order valence-corrected chi connectivity index (χ2v) is 6.14. The quantitative estimate of drug-likeness (QED) is 0.808. The van der Waals surface area contributed by atoms with E-state index in [-0.39, 0.29) is 17.0 Å². The molecular weight excluding hydrogens is 313 g/mol. The van der Waals surface area contributed by atoms with Crippen LogP contribution in [0.4, 0.5) is 9.18 Å². The molecule has 0 aliphatic rings. The zero-order valence-corrected chi connectivity index (χ0v) is 13.5. The van der Waals surface area contributed by atoms with E-state index in [0.717, 1.165) is 0 Å². The van der Waals surface area contributed by atoms with Crippen LogP contribution in [-0.2, 0) is 11.2 Å². The maximum atomic E-state index is 14.0. The third-order valence-corrected chi connectivity index (χ3v) is 2.99. The number of amides is 1. The molecule has 0 aliphatic heterocycles. The zero-order chi connectivity index (χ0) is 16.9. The van der Waals surface area contributed by atoms with E-state index in [4.69, 9.17) is 21.4 Å². The molecule has 0 bridgehead atoms. The first-order chi connectivity index (χ1) is 10.1. The van der Waals surface area contributed by atoms with Crippen molar-refractivity contribution in [2.45, 2.75) is 39.2 Å². The molecule has 1 aromatic rings. The van der Waals surface area contributed by atoms with Gasteiger partial charge in [0.15, 0.2) is 0 Å². The molecule has 7 heteroatoms. The van der Waals surface area contributed by atoms with Gasteiger partial charge in [-0.15, -0.1) is 0 Å². The molecule has 2 N–H and O–H groups in total. The molecule has 1 aromatic carbocycles. The van der Waals surface area contributed by atoms with E-state index >= 15 is 0 Å². The van der Waals surface area contributed by atoms with E-state index in [1.807, 2.05) is 0 Å². The maximum Gasteiger partial charge on any atom is 0.407 e. The van der Waals surface area contributed by atoms with Gasteiger partial charge in [-0.1, -0.05) is 17.7 Å². The Labute approximate surface area is 133 Å². The first kappa shape index (κ1) is 18.2. The van der Waals surface area contributed by atoms with Crippen molar-refractivity contribution in [1.82, 2.24) is 5.32 Å². The van der Waals surface area contributed by atoms with Gasteiger partial charge >= 0.3 is 12.1 Å². The van der Waals surface area contributed by atoms with E-state index in [2.05, 4.69) is 5.32 Å². The van der Waals surface area contributed by atoms with E-state index in [1.165, 1.54) is 12.1 Å². The summed E-state index contributed by atoms with van der Waals surface area (Å²) in [6.07, 6.45) is 0.172. The summed E-state index contributed by atoms with van der Waals surface area (Å²) in [6, 6.07) is 2.79. The van der Waals surface area contributed by atoms with Gasteiger partial charge in [-0.3, -0.25) is 0 Å². The van der Waals surface area contributed by atoms with Gasteiger partial charge in [0.05, 0.1) is 5.02 Å². The van der Waals surface area contributed by atoms with Gasteiger partial charge in [0.1, 0.15) is 17.0 Å². The predicted molar refractivity (Wildman–Crippen MR) is 80.9 cm³/mol. The average Bonchev–Trinajstić information content (AvgIpc) is 2.34. The van der Waals surface area contributed by atoms with E-state index in [9.17, 15) is 14.0 Å². The Hall–Kier alpha value is -1.82. The van der Waals surface area contributed by atoms with E-state index in [0.29, 0.717) is 13.0 Å². The third kappa shape index (κ3) is 5.52. The number of carbonyl (C=O) groups is 2. The van der Waals surface area contributed by atoms with Crippen molar-refractivity contribution in [2.24, 2.45) is 0 Å². The van der Waals surface area contributed by atoms with Gasteiger partial charge in [0.2, 0.25) is 0 Å². The molecule has 1 amide bonds. The predicted octanol–water partition coefficient (Wildman–Crippen LogP) is 3.63. The third-order valence-electron chi connectivity index (χ3n) is 2.68. The number of carbonyl (C=O) groups excluding carboxylic acids is 1. The highest BCUT2D eigenvalue weighted by molar-refractivity contribution is 6.33. The summed E-state index contributed by atoms with van der Waals surface area (Å²) in [5, 5.41) is 11.3. The van der Waals surface area contributed by atoms with Crippen LogP contribution in [0.3, 0.4) is 0 Å². The van der Waals surface area contributed by atoms with Crippen molar-refractivity contribution in [1.29, 1.82) is 0 Å². The Morgan fingerprint density at radius 3 is 2.55 bits per heavy atom. The minimum atomic E-state index is -1.41. The lowest BCUT2D eigenvalue weighted by molar-refractivity contribution is 0.0526. The highest BCUT2D eigenvalue weighted by Gasteiger charge is 2.18. The second-order valence-electron chi connectivity index (χ2n) is 5.73. The van der Waals surface area contributed by atoms with Crippen LogP contribution < -0.4 is 5.32 Å². The lowest BCUT2D eigenvalue weighted by atomic mass is 10.1. The number of aryl methyl sites for hydroxylation is 1. The Bertz CT molecular complexity index is 569. The maximum absolute atomic E-state index is 14.0. The molecule has 0 fully saturated rings. The number of carboxylic acids is 1. The SMILES string of the molecule is CC(C)(C)OC(=O)NCCCc1ccc(Cl)c(C(=O)O)c1F. The summed E-state index contributed by atoms with van der Waals surface area (Å²) in [4.78, 5) is 22.4. The molecule has 0 radical (unpaired) electrons. The summed E-state index contributed by atoms with van der Waals surface area (Å²) in [5.41, 5.74) is -0.866. The smallest absolute Gasteiger partial charge is 0.407 e. The number of carboxylic acid groups (broad SMARTS) is 1. The number of halogens is 2. The number of hydrogen-bond donors (Lipinski definition) is 2. The molecule has 22 heavy (non-hydrogen) atoms. The summed E-state index contributed by atoms with van der Waals surface area (Å²) in [5.74, 6) is -2.24. The van der Waals surface area contributed by atoms with Crippen molar-refractivity contribution in [3.63, 3.8) is 0 Å². The van der Waals surface area contributed by atoms with Crippen molar-refractivity contribution < 1.29 is 23.8 Å². The summed E-state index contributed by atoms with van der Waals surface area (Å²) in [6.45, 7) is 5.55. The van der Waals surface area contributed by atoms with Gasteiger partial charge in [-0.25, -0.2) is 14.0 Å². The summed E-state index contributed by atoms with van der Waals surface area (Å²) < 4.78 is 19.1. The number of aromatic carboxylic acids is 1. The van der Waals surface area contributed by atoms with Crippen molar-refractivity contribution in [3.8, 4) is 0 Å². The first-order valence-electron chi connectivity index (χ1n) is 6.79. The molecular formula is C15H19ClFNO4.